The summed E-state index contributed by atoms with van der Waals surface area (Å²) in [6, 6.07) is 9.44. The number of hydrogen-bond acceptors (Lipinski definition) is 6. The third kappa shape index (κ3) is 3.64. The molecule has 0 aliphatic heterocycles. The number of nitrogens with one attached hydrogen (secondary N) is 2. The first-order chi connectivity index (χ1) is 16.5. The topological polar surface area (TPSA) is 86.4 Å². The minimum absolute atomic E-state index is 0.217. The van der Waals surface area contributed by atoms with Crippen LogP contribution in [0.5, 0.6) is 0 Å². The van der Waals surface area contributed by atoms with Gasteiger partial charge >= 0.3 is 0 Å². The average Bonchev–Trinajstić information content (AvgIpc) is 3.55. The molecule has 0 saturated heterocycles. The summed E-state index contributed by atoms with van der Waals surface area (Å²) >= 11 is 1.11. The Bertz CT molecular complexity index is 1650. The predicted octanol–water partition coefficient (Wildman–Crippen LogP) is 5.49. The van der Waals surface area contributed by atoms with Gasteiger partial charge < -0.3 is 9.88 Å². The lowest BCUT2D eigenvalue weighted by molar-refractivity contribution is 0.402. The molecular weight excluding hydrogens is 449 g/mol. The molecule has 6 rings (SSSR count). The maximum Gasteiger partial charge on any atom is 0.176 e. The smallest absolute Gasteiger partial charge is 0.176 e. The second-order valence-corrected chi connectivity index (χ2v) is 9.48. The zero-order valence-corrected chi connectivity index (χ0v) is 19.3. The van der Waals surface area contributed by atoms with E-state index in [1.807, 2.05) is 38.6 Å². The van der Waals surface area contributed by atoms with E-state index in [-0.39, 0.29) is 5.13 Å². The van der Waals surface area contributed by atoms with Gasteiger partial charge in [-0.1, -0.05) is 0 Å². The van der Waals surface area contributed by atoms with E-state index in [4.69, 9.17) is 0 Å². The SMILES string of the molecule is CN(C)Cc1cncc(-c2cc3c(-c4cc5c(-c6ccc(F)s6)cncc5[nH]4)n[nH]c3cn2)c1. The van der Waals surface area contributed by atoms with Crippen LogP contribution < -0.4 is 0 Å². The molecule has 0 aliphatic rings. The number of nitrogens with zero attached hydrogens (tertiary/aromatic N) is 5. The number of aromatic nitrogens is 6. The van der Waals surface area contributed by atoms with Crippen molar-refractivity contribution in [3.05, 3.63) is 72.0 Å². The molecular formula is C25H20FN7S. The number of fused-ring (bicyclic) bond motifs is 2. The molecule has 9 heteroatoms. The van der Waals surface area contributed by atoms with Gasteiger partial charge in [0.15, 0.2) is 5.13 Å². The van der Waals surface area contributed by atoms with Crippen LogP contribution in [0.2, 0.25) is 0 Å². The molecule has 168 valence electrons. The van der Waals surface area contributed by atoms with Gasteiger partial charge in [0.25, 0.3) is 0 Å². The normalized spacial score (nSPS) is 11.8. The van der Waals surface area contributed by atoms with Crippen molar-refractivity contribution in [1.82, 2.24) is 35.0 Å². The summed E-state index contributed by atoms with van der Waals surface area (Å²) in [5.74, 6) is 0. The number of rotatable bonds is 5. The molecule has 0 aromatic carbocycles. The van der Waals surface area contributed by atoms with Gasteiger partial charge in [0.1, 0.15) is 5.69 Å². The van der Waals surface area contributed by atoms with Crippen LogP contribution in [0.1, 0.15) is 5.56 Å². The first-order valence-corrected chi connectivity index (χ1v) is 11.5. The van der Waals surface area contributed by atoms with Crippen molar-refractivity contribution >= 4 is 33.1 Å². The maximum atomic E-state index is 13.6. The lowest BCUT2D eigenvalue weighted by Crippen LogP contribution is -2.10. The molecule has 7 nitrogen and oxygen atoms in total. The molecule has 6 aromatic heterocycles. The highest BCUT2D eigenvalue weighted by Gasteiger charge is 2.16. The van der Waals surface area contributed by atoms with Crippen LogP contribution in [-0.2, 0) is 6.54 Å². The summed E-state index contributed by atoms with van der Waals surface area (Å²) in [6.45, 7) is 0.805. The van der Waals surface area contributed by atoms with Crippen LogP contribution in [0.15, 0.2) is 61.3 Å². The van der Waals surface area contributed by atoms with Gasteiger partial charge in [0.2, 0.25) is 0 Å². The molecule has 0 fully saturated rings. The van der Waals surface area contributed by atoms with Gasteiger partial charge in [-0.15, -0.1) is 11.3 Å². The number of thiophene rings is 1. The predicted molar refractivity (Wildman–Crippen MR) is 133 cm³/mol. The van der Waals surface area contributed by atoms with Crippen LogP contribution in [0, 0.1) is 5.13 Å². The summed E-state index contributed by atoms with van der Waals surface area (Å²) in [5, 5.41) is 9.34. The van der Waals surface area contributed by atoms with Gasteiger partial charge in [-0.25, -0.2) is 0 Å². The minimum atomic E-state index is -0.217. The lowest BCUT2D eigenvalue weighted by atomic mass is 10.1. The van der Waals surface area contributed by atoms with Crippen LogP contribution >= 0.6 is 11.3 Å². The fraction of sp³-hybridized carbons (Fsp3) is 0.120. The zero-order chi connectivity index (χ0) is 23.2. The summed E-state index contributed by atoms with van der Waals surface area (Å²) in [6.07, 6.45) is 9.04. The van der Waals surface area contributed by atoms with Crippen molar-refractivity contribution in [2.45, 2.75) is 6.54 Å². The van der Waals surface area contributed by atoms with Crippen molar-refractivity contribution in [3.8, 4) is 33.1 Å². The molecule has 0 spiro atoms. The largest absolute Gasteiger partial charge is 0.352 e. The number of aromatic amines is 2. The zero-order valence-electron chi connectivity index (χ0n) is 18.5. The van der Waals surface area contributed by atoms with E-state index in [1.54, 1.807) is 24.7 Å². The standard InChI is InChI=1S/C25H20FN7S/c1-33(2)13-14-5-15(9-27-8-14)19-7-17-22(12-29-19)31-32-25(17)20-6-16-18(10-28-11-21(16)30-20)23-3-4-24(26)34-23/h3-12,30H,13H2,1-2H3,(H,31,32). The Morgan fingerprint density at radius 2 is 1.82 bits per heavy atom. The van der Waals surface area contributed by atoms with Gasteiger partial charge in [-0.05, 0) is 50.0 Å². The number of halogens is 1. The highest BCUT2D eigenvalue weighted by Crippen LogP contribution is 2.36. The summed E-state index contributed by atoms with van der Waals surface area (Å²) in [7, 11) is 4.07. The van der Waals surface area contributed by atoms with Crippen LogP contribution in [0.3, 0.4) is 0 Å². The molecule has 0 saturated carbocycles. The first kappa shape index (κ1) is 20.6. The highest BCUT2D eigenvalue weighted by molar-refractivity contribution is 7.14. The molecule has 2 N–H and O–H groups in total. The average molecular weight is 470 g/mol. The van der Waals surface area contributed by atoms with Crippen LogP contribution in [0.4, 0.5) is 4.39 Å². The number of H-pyrrole nitrogens is 2. The Labute approximate surface area is 198 Å². The highest BCUT2D eigenvalue weighted by atomic mass is 32.1. The lowest BCUT2D eigenvalue weighted by Gasteiger charge is -2.10. The van der Waals surface area contributed by atoms with Gasteiger partial charge in [0, 0.05) is 51.9 Å². The Balaban J connectivity index is 1.45. The minimum Gasteiger partial charge on any atom is -0.352 e. The van der Waals surface area contributed by atoms with E-state index >= 15 is 0 Å². The third-order valence-electron chi connectivity index (χ3n) is 5.68. The third-order valence-corrected chi connectivity index (χ3v) is 6.58. The number of pyridine rings is 3. The van der Waals surface area contributed by atoms with E-state index in [0.717, 1.165) is 78.3 Å². The molecule has 0 bridgehead atoms. The van der Waals surface area contributed by atoms with Gasteiger partial charge in [-0.2, -0.15) is 9.49 Å². The second-order valence-electron chi connectivity index (χ2n) is 8.44. The summed E-state index contributed by atoms with van der Waals surface area (Å²) in [4.78, 5) is 19.7. The Kier molecular flexibility index (Phi) is 4.93. The Hall–Kier alpha value is -3.95. The molecule has 6 heterocycles. The second kappa shape index (κ2) is 8.12. The van der Waals surface area contributed by atoms with Gasteiger partial charge in [-0.3, -0.25) is 20.1 Å². The summed E-state index contributed by atoms with van der Waals surface area (Å²) in [5.41, 5.74) is 7.14. The first-order valence-electron chi connectivity index (χ1n) is 10.7. The van der Waals surface area contributed by atoms with Crippen molar-refractivity contribution in [2.24, 2.45) is 0 Å². The van der Waals surface area contributed by atoms with Crippen LogP contribution in [-0.4, -0.2) is 49.1 Å². The van der Waals surface area contributed by atoms with Crippen molar-refractivity contribution in [2.75, 3.05) is 14.1 Å². The van der Waals surface area contributed by atoms with Crippen molar-refractivity contribution in [1.29, 1.82) is 0 Å². The molecule has 0 atom stereocenters. The molecule has 6 aromatic rings. The van der Waals surface area contributed by atoms with E-state index < -0.39 is 0 Å². The van der Waals surface area contributed by atoms with E-state index in [9.17, 15) is 4.39 Å². The maximum absolute atomic E-state index is 13.6. The van der Waals surface area contributed by atoms with E-state index in [0.29, 0.717) is 0 Å². The molecule has 0 aliphatic carbocycles. The monoisotopic (exact) mass is 469 g/mol. The van der Waals surface area contributed by atoms with E-state index in [1.165, 1.54) is 6.07 Å². The summed E-state index contributed by atoms with van der Waals surface area (Å²) < 4.78 is 13.6. The molecule has 0 radical (unpaired) electrons. The van der Waals surface area contributed by atoms with Crippen molar-refractivity contribution in [3.63, 3.8) is 0 Å². The van der Waals surface area contributed by atoms with E-state index in [2.05, 4.69) is 41.1 Å². The molecule has 34 heavy (non-hydrogen) atoms. The van der Waals surface area contributed by atoms with Gasteiger partial charge in [0.05, 0.1) is 34.8 Å². The fourth-order valence-electron chi connectivity index (χ4n) is 4.19. The number of hydrogen-bond donors (Lipinski definition) is 2. The molecule has 0 unspecified atom stereocenters. The van der Waals surface area contributed by atoms with Crippen LogP contribution in [0.25, 0.3) is 54.9 Å². The fourth-order valence-corrected chi connectivity index (χ4v) is 4.95. The Morgan fingerprint density at radius 1 is 0.941 bits per heavy atom. The van der Waals surface area contributed by atoms with Crippen molar-refractivity contribution < 1.29 is 4.39 Å². The quantitative estimate of drug-likeness (QED) is 0.349. The Morgan fingerprint density at radius 3 is 2.65 bits per heavy atom. The molecule has 0 amide bonds.